The Morgan fingerprint density at radius 1 is 0.560 bits per heavy atom. The number of allylic oxidation sites excluding steroid dienone is 4. The van der Waals surface area contributed by atoms with Crippen LogP contribution in [0.1, 0.15) is 35.7 Å². The first-order valence-electron chi connectivity index (χ1n) is 17.3. The van der Waals surface area contributed by atoms with Crippen LogP contribution in [-0.2, 0) is 0 Å². The number of hydrogen-bond acceptors (Lipinski definition) is 3. The van der Waals surface area contributed by atoms with Gasteiger partial charge in [-0.1, -0.05) is 121 Å². The van der Waals surface area contributed by atoms with Crippen molar-refractivity contribution < 1.29 is 0 Å². The van der Waals surface area contributed by atoms with Crippen LogP contribution in [0.2, 0.25) is 0 Å². The van der Waals surface area contributed by atoms with Gasteiger partial charge in [-0.2, -0.15) is 0 Å². The number of para-hydroxylation sites is 2. The molecule has 2 aliphatic rings. The summed E-state index contributed by atoms with van der Waals surface area (Å²) in [5.74, 6) is 1.53. The fourth-order valence-corrected chi connectivity index (χ4v) is 7.73. The average Bonchev–Trinajstić information content (AvgIpc) is 3.72. The van der Waals surface area contributed by atoms with Crippen LogP contribution < -0.4 is 5.32 Å². The highest BCUT2D eigenvalue weighted by atomic mass is 15.2. The molecular weight excluding hydrogens is 611 g/mol. The minimum absolute atomic E-state index is 0.241. The Kier molecular flexibility index (Phi) is 6.62. The van der Waals surface area contributed by atoms with E-state index in [-0.39, 0.29) is 6.17 Å². The zero-order valence-electron chi connectivity index (χ0n) is 27.4. The van der Waals surface area contributed by atoms with Gasteiger partial charge in [0.05, 0.1) is 22.1 Å². The molecule has 5 nitrogen and oxygen atoms in total. The van der Waals surface area contributed by atoms with Crippen LogP contribution in [0.5, 0.6) is 0 Å². The van der Waals surface area contributed by atoms with E-state index >= 15 is 0 Å². The van der Waals surface area contributed by atoms with E-state index in [0.717, 1.165) is 41.1 Å². The third kappa shape index (κ3) is 4.55. The average molecular weight is 644 g/mol. The lowest BCUT2D eigenvalue weighted by Crippen LogP contribution is -2.33. The van der Waals surface area contributed by atoms with Crippen LogP contribution in [0.4, 0.5) is 0 Å². The fourth-order valence-electron chi connectivity index (χ4n) is 7.73. The molecule has 0 fully saturated rings. The van der Waals surface area contributed by atoms with Crippen LogP contribution >= 0.6 is 0 Å². The van der Waals surface area contributed by atoms with Crippen LogP contribution in [0, 0.1) is 0 Å². The molecule has 0 amide bonds. The van der Waals surface area contributed by atoms with Gasteiger partial charge in [0.15, 0.2) is 5.84 Å². The summed E-state index contributed by atoms with van der Waals surface area (Å²) in [6, 6.07) is 51.6. The summed E-state index contributed by atoms with van der Waals surface area (Å²) in [6.07, 6.45) is 8.54. The molecule has 1 unspecified atom stereocenters. The second-order valence-electron chi connectivity index (χ2n) is 13.0. The van der Waals surface area contributed by atoms with Gasteiger partial charge in [-0.15, -0.1) is 0 Å². The zero-order valence-corrected chi connectivity index (χ0v) is 27.4. The normalized spacial score (nSPS) is 16.1. The number of aromatic nitrogens is 2. The molecular formula is C45H33N5. The van der Waals surface area contributed by atoms with Crippen molar-refractivity contribution in [2.75, 3.05) is 0 Å². The lowest BCUT2D eigenvalue weighted by Gasteiger charge is -2.23. The summed E-state index contributed by atoms with van der Waals surface area (Å²) in [4.78, 5) is 10.2. The van der Waals surface area contributed by atoms with Gasteiger partial charge in [0, 0.05) is 44.1 Å². The molecule has 238 valence electrons. The Morgan fingerprint density at radius 2 is 1.18 bits per heavy atom. The van der Waals surface area contributed by atoms with Crippen LogP contribution in [0.3, 0.4) is 0 Å². The molecule has 3 heterocycles. The molecule has 10 rings (SSSR count). The highest BCUT2D eigenvalue weighted by Crippen LogP contribution is 2.42. The summed E-state index contributed by atoms with van der Waals surface area (Å²) >= 11 is 0. The molecule has 1 atom stereocenters. The molecule has 0 saturated carbocycles. The number of aliphatic imine (C=N–C) groups is 2. The molecule has 6 aromatic carbocycles. The van der Waals surface area contributed by atoms with E-state index in [2.05, 4.69) is 154 Å². The van der Waals surface area contributed by atoms with E-state index in [0.29, 0.717) is 5.84 Å². The predicted molar refractivity (Wildman–Crippen MR) is 208 cm³/mol. The smallest absolute Gasteiger partial charge is 0.159 e. The van der Waals surface area contributed by atoms with E-state index < -0.39 is 0 Å². The third-order valence-corrected chi connectivity index (χ3v) is 10.0. The lowest BCUT2D eigenvalue weighted by atomic mass is 10.1. The summed E-state index contributed by atoms with van der Waals surface area (Å²) < 4.78 is 4.95. The molecule has 0 spiro atoms. The maximum Gasteiger partial charge on any atom is 0.159 e. The molecule has 1 N–H and O–H groups in total. The molecule has 5 heteroatoms. The fraction of sp³-hybridized carbons (Fsp3) is 0.0667. The summed E-state index contributed by atoms with van der Waals surface area (Å²) in [6.45, 7) is 0. The Balaban J connectivity index is 1.18. The minimum Gasteiger partial charge on any atom is -0.344 e. The Labute approximate surface area is 289 Å². The SMILES string of the molecule is C1=CCCC(n2c3ccccc3c3ccc4c5ccccc5n(-c5ccc(C6=NC(c7ccccc7)NC(c7ccccc7)=N6)cc5)c4c32)=C1. The number of benzene rings is 6. The maximum absolute atomic E-state index is 5.12. The van der Waals surface area contributed by atoms with Crippen molar-refractivity contribution >= 4 is 61.0 Å². The summed E-state index contributed by atoms with van der Waals surface area (Å²) in [7, 11) is 0. The summed E-state index contributed by atoms with van der Waals surface area (Å²) in [5, 5.41) is 8.60. The molecule has 1 aliphatic heterocycles. The van der Waals surface area contributed by atoms with Crippen molar-refractivity contribution in [3.8, 4) is 5.69 Å². The maximum atomic E-state index is 5.12. The quantitative estimate of drug-likeness (QED) is 0.199. The van der Waals surface area contributed by atoms with Gasteiger partial charge >= 0.3 is 0 Å². The van der Waals surface area contributed by atoms with Crippen molar-refractivity contribution in [1.82, 2.24) is 14.5 Å². The lowest BCUT2D eigenvalue weighted by molar-refractivity contribution is 0.674. The second kappa shape index (κ2) is 11.6. The van der Waals surface area contributed by atoms with E-state index in [4.69, 9.17) is 9.98 Å². The number of hydrogen-bond donors (Lipinski definition) is 1. The Morgan fingerprint density at radius 3 is 1.86 bits per heavy atom. The molecule has 1 aliphatic carbocycles. The van der Waals surface area contributed by atoms with Gasteiger partial charge in [-0.05, 0) is 60.9 Å². The number of rotatable bonds is 5. The predicted octanol–water partition coefficient (Wildman–Crippen LogP) is 10.6. The van der Waals surface area contributed by atoms with Gasteiger partial charge in [-0.25, -0.2) is 9.98 Å². The molecule has 0 saturated heterocycles. The van der Waals surface area contributed by atoms with E-state index in [1.807, 2.05) is 24.3 Å². The Hall–Kier alpha value is -6.46. The number of nitrogens with one attached hydrogen (secondary N) is 1. The first-order valence-corrected chi connectivity index (χ1v) is 17.3. The van der Waals surface area contributed by atoms with E-state index in [9.17, 15) is 0 Å². The van der Waals surface area contributed by atoms with Crippen molar-refractivity contribution in [3.63, 3.8) is 0 Å². The number of nitrogens with zero attached hydrogens (tertiary/aromatic N) is 4. The second-order valence-corrected chi connectivity index (χ2v) is 13.0. The number of amidine groups is 2. The Bertz CT molecular complexity index is 2710. The van der Waals surface area contributed by atoms with Crippen LogP contribution in [0.15, 0.2) is 174 Å². The molecule has 0 bridgehead atoms. The van der Waals surface area contributed by atoms with Crippen molar-refractivity contribution in [1.29, 1.82) is 0 Å². The first-order chi connectivity index (χ1) is 24.8. The first kappa shape index (κ1) is 28.5. The van der Waals surface area contributed by atoms with Crippen LogP contribution in [0.25, 0.3) is 55.0 Å². The largest absolute Gasteiger partial charge is 0.344 e. The van der Waals surface area contributed by atoms with E-state index in [1.165, 1.54) is 49.3 Å². The monoisotopic (exact) mass is 643 g/mol. The van der Waals surface area contributed by atoms with Gasteiger partial charge in [0.2, 0.25) is 0 Å². The highest BCUT2D eigenvalue weighted by Gasteiger charge is 2.23. The highest BCUT2D eigenvalue weighted by molar-refractivity contribution is 6.24. The molecule has 50 heavy (non-hydrogen) atoms. The topological polar surface area (TPSA) is 46.6 Å². The van der Waals surface area contributed by atoms with Crippen LogP contribution in [-0.4, -0.2) is 20.8 Å². The van der Waals surface area contributed by atoms with Gasteiger partial charge in [-0.3, -0.25) is 0 Å². The van der Waals surface area contributed by atoms with Gasteiger partial charge < -0.3 is 14.5 Å². The van der Waals surface area contributed by atoms with Gasteiger partial charge in [0.1, 0.15) is 12.0 Å². The van der Waals surface area contributed by atoms with E-state index in [1.54, 1.807) is 0 Å². The zero-order chi connectivity index (χ0) is 33.0. The van der Waals surface area contributed by atoms with Crippen molar-refractivity contribution in [3.05, 3.63) is 181 Å². The van der Waals surface area contributed by atoms with Crippen molar-refractivity contribution in [2.24, 2.45) is 9.98 Å². The number of fused-ring (bicyclic) bond motifs is 7. The van der Waals surface area contributed by atoms with Crippen molar-refractivity contribution in [2.45, 2.75) is 19.0 Å². The summed E-state index contributed by atoms with van der Waals surface area (Å²) in [5.41, 5.74) is 10.4. The molecule has 8 aromatic rings. The standard InChI is InChI=1S/C45H33N5/c1-4-14-30(15-5-1)43-46-44(31-16-6-2-7-17-31)48-45(47-43)32-24-26-34(27-25-32)50-40-23-13-11-21-36(40)38-29-28-37-35-20-10-12-22-39(35)49(41(37)42(38)50)33-18-8-3-9-19-33/h1-8,10-18,20-29,43H,9,19H2,(H,46,47,48). The van der Waals surface area contributed by atoms with Gasteiger partial charge in [0.25, 0.3) is 0 Å². The molecule has 2 aromatic heterocycles. The third-order valence-electron chi connectivity index (χ3n) is 10.0. The molecule has 0 radical (unpaired) electrons. The minimum atomic E-state index is -0.241.